The van der Waals surface area contributed by atoms with E-state index in [0.717, 1.165) is 50.4 Å². The van der Waals surface area contributed by atoms with E-state index in [1.54, 1.807) is 0 Å². The summed E-state index contributed by atoms with van der Waals surface area (Å²) in [6.07, 6.45) is 5.67. The smallest absolute Gasteiger partial charge is 0.193 e. The zero-order valence-electron chi connectivity index (χ0n) is 14.8. The lowest BCUT2D eigenvalue weighted by atomic mass is 10.1. The summed E-state index contributed by atoms with van der Waals surface area (Å²) in [7, 11) is 1.88. The standard InChI is InChI=1S/C18H31N5/c1-16(2)8-4-6-11-21-18(19-3)23-14-12-22(13-15-23)17-9-5-7-10-20-17/h5,7,9-10,16H,4,6,8,11-15H2,1-3H3,(H,19,21). The molecule has 0 amide bonds. The van der Waals surface area contributed by atoms with Gasteiger partial charge in [0.25, 0.3) is 0 Å². The molecular weight excluding hydrogens is 286 g/mol. The van der Waals surface area contributed by atoms with Crippen LogP contribution >= 0.6 is 0 Å². The van der Waals surface area contributed by atoms with E-state index in [2.05, 4.69) is 45.0 Å². The Morgan fingerprint density at radius 1 is 1.22 bits per heavy atom. The first-order valence-corrected chi connectivity index (χ1v) is 8.82. The monoisotopic (exact) mass is 317 g/mol. The van der Waals surface area contributed by atoms with Crippen molar-refractivity contribution in [1.82, 2.24) is 15.2 Å². The number of hydrogen-bond acceptors (Lipinski definition) is 3. The van der Waals surface area contributed by atoms with E-state index >= 15 is 0 Å². The molecule has 0 unspecified atom stereocenters. The minimum absolute atomic E-state index is 0.800. The Labute approximate surface area is 140 Å². The molecule has 0 aliphatic carbocycles. The van der Waals surface area contributed by atoms with Crippen LogP contribution in [-0.4, -0.2) is 55.6 Å². The number of guanidine groups is 1. The van der Waals surface area contributed by atoms with Crippen molar-refractivity contribution in [1.29, 1.82) is 0 Å². The fourth-order valence-electron chi connectivity index (χ4n) is 2.90. The lowest BCUT2D eigenvalue weighted by Crippen LogP contribution is -2.52. The molecule has 0 radical (unpaired) electrons. The largest absolute Gasteiger partial charge is 0.356 e. The molecule has 1 saturated heterocycles. The van der Waals surface area contributed by atoms with Gasteiger partial charge in [0, 0.05) is 46.0 Å². The van der Waals surface area contributed by atoms with Crippen LogP contribution in [0.3, 0.4) is 0 Å². The molecule has 5 heteroatoms. The summed E-state index contributed by atoms with van der Waals surface area (Å²) in [5, 5.41) is 3.51. The molecule has 1 aromatic rings. The molecule has 2 heterocycles. The van der Waals surface area contributed by atoms with E-state index in [0.29, 0.717) is 0 Å². The van der Waals surface area contributed by atoms with Crippen molar-refractivity contribution in [2.24, 2.45) is 10.9 Å². The van der Waals surface area contributed by atoms with Crippen LogP contribution in [0.25, 0.3) is 0 Å². The van der Waals surface area contributed by atoms with Crippen molar-refractivity contribution in [2.75, 3.05) is 44.7 Å². The average molecular weight is 317 g/mol. The summed E-state index contributed by atoms with van der Waals surface area (Å²) in [5.74, 6) is 2.91. The third kappa shape index (κ3) is 5.73. The van der Waals surface area contributed by atoms with Gasteiger partial charge in [-0.1, -0.05) is 32.8 Å². The van der Waals surface area contributed by atoms with Crippen LogP contribution in [0.15, 0.2) is 29.4 Å². The van der Waals surface area contributed by atoms with Crippen LogP contribution in [0.1, 0.15) is 33.1 Å². The number of hydrogen-bond donors (Lipinski definition) is 1. The van der Waals surface area contributed by atoms with Crippen molar-refractivity contribution in [3.05, 3.63) is 24.4 Å². The molecule has 1 aromatic heterocycles. The predicted molar refractivity (Wildman–Crippen MR) is 98.1 cm³/mol. The minimum Gasteiger partial charge on any atom is -0.356 e. The van der Waals surface area contributed by atoms with Crippen molar-refractivity contribution in [3.63, 3.8) is 0 Å². The maximum atomic E-state index is 4.44. The van der Waals surface area contributed by atoms with Crippen molar-refractivity contribution in [3.8, 4) is 0 Å². The maximum Gasteiger partial charge on any atom is 0.193 e. The molecule has 128 valence electrons. The summed E-state index contributed by atoms with van der Waals surface area (Å²) in [4.78, 5) is 13.6. The molecule has 1 aliphatic heterocycles. The number of nitrogens with zero attached hydrogens (tertiary/aromatic N) is 4. The highest BCUT2D eigenvalue weighted by Crippen LogP contribution is 2.12. The van der Waals surface area contributed by atoms with Gasteiger partial charge in [0.05, 0.1) is 0 Å². The Morgan fingerprint density at radius 3 is 2.61 bits per heavy atom. The molecule has 0 aromatic carbocycles. The SMILES string of the molecule is CN=C(NCCCCC(C)C)N1CCN(c2ccccn2)CC1. The number of aliphatic imine (C=N–C) groups is 1. The van der Waals surface area contributed by atoms with Crippen molar-refractivity contribution in [2.45, 2.75) is 33.1 Å². The van der Waals surface area contributed by atoms with Gasteiger partial charge in [-0.3, -0.25) is 4.99 Å². The highest BCUT2D eigenvalue weighted by atomic mass is 15.4. The summed E-state index contributed by atoms with van der Waals surface area (Å²) in [5.41, 5.74) is 0. The van der Waals surface area contributed by atoms with Gasteiger partial charge in [0.15, 0.2) is 5.96 Å². The molecule has 2 rings (SSSR count). The maximum absolute atomic E-state index is 4.44. The van der Waals surface area contributed by atoms with E-state index in [1.807, 2.05) is 25.4 Å². The zero-order valence-corrected chi connectivity index (χ0v) is 14.8. The van der Waals surface area contributed by atoms with Crippen LogP contribution in [0.4, 0.5) is 5.82 Å². The Hall–Kier alpha value is -1.78. The molecule has 0 saturated carbocycles. The van der Waals surface area contributed by atoms with Crippen molar-refractivity contribution < 1.29 is 0 Å². The lowest BCUT2D eigenvalue weighted by molar-refractivity contribution is 0.370. The summed E-state index contributed by atoms with van der Waals surface area (Å²) in [6.45, 7) is 9.54. The first-order valence-electron chi connectivity index (χ1n) is 8.82. The molecule has 0 atom stereocenters. The molecule has 0 spiro atoms. The number of anilines is 1. The van der Waals surface area contributed by atoms with Gasteiger partial charge < -0.3 is 15.1 Å². The van der Waals surface area contributed by atoms with Gasteiger partial charge in [0.2, 0.25) is 0 Å². The third-order valence-electron chi connectivity index (χ3n) is 4.26. The summed E-state index contributed by atoms with van der Waals surface area (Å²) < 4.78 is 0. The molecule has 1 fully saturated rings. The predicted octanol–water partition coefficient (Wildman–Crippen LogP) is 2.61. The fourth-order valence-corrected chi connectivity index (χ4v) is 2.90. The number of unbranched alkanes of at least 4 members (excludes halogenated alkanes) is 1. The Bertz CT molecular complexity index is 464. The highest BCUT2D eigenvalue weighted by molar-refractivity contribution is 5.80. The fraction of sp³-hybridized carbons (Fsp3) is 0.667. The highest BCUT2D eigenvalue weighted by Gasteiger charge is 2.19. The molecule has 1 N–H and O–H groups in total. The second kappa shape index (κ2) is 9.38. The summed E-state index contributed by atoms with van der Waals surface area (Å²) in [6, 6.07) is 6.09. The van der Waals surface area contributed by atoms with E-state index in [9.17, 15) is 0 Å². The lowest BCUT2D eigenvalue weighted by Gasteiger charge is -2.37. The Morgan fingerprint density at radius 2 is 2.00 bits per heavy atom. The van der Waals surface area contributed by atoms with Crippen LogP contribution < -0.4 is 10.2 Å². The molecule has 1 aliphatic rings. The second-order valence-corrected chi connectivity index (χ2v) is 6.53. The topological polar surface area (TPSA) is 43.8 Å². The van der Waals surface area contributed by atoms with Crippen LogP contribution in [-0.2, 0) is 0 Å². The number of pyridine rings is 1. The van der Waals surface area contributed by atoms with Gasteiger partial charge in [-0.05, 0) is 24.5 Å². The number of rotatable bonds is 6. The van der Waals surface area contributed by atoms with Crippen LogP contribution in [0.2, 0.25) is 0 Å². The van der Waals surface area contributed by atoms with Gasteiger partial charge in [-0.25, -0.2) is 4.98 Å². The number of nitrogens with one attached hydrogen (secondary N) is 1. The molecule has 5 nitrogen and oxygen atoms in total. The number of aromatic nitrogens is 1. The zero-order chi connectivity index (χ0) is 16.5. The first-order chi connectivity index (χ1) is 11.2. The molecule has 0 bridgehead atoms. The van der Waals surface area contributed by atoms with Gasteiger partial charge in [-0.15, -0.1) is 0 Å². The third-order valence-corrected chi connectivity index (χ3v) is 4.26. The van der Waals surface area contributed by atoms with Gasteiger partial charge >= 0.3 is 0 Å². The Kier molecular flexibility index (Phi) is 7.17. The average Bonchev–Trinajstić information content (AvgIpc) is 2.59. The number of piperazine rings is 1. The second-order valence-electron chi connectivity index (χ2n) is 6.53. The van der Waals surface area contributed by atoms with E-state index in [1.165, 1.54) is 19.3 Å². The van der Waals surface area contributed by atoms with Crippen LogP contribution in [0.5, 0.6) is 0 Å². The van der Waals surface area contributed by atoms with Crippen LogP contribution in [0, 0.1) is 5.92 Å². The minimum atomic E-state index is 0.800. The quantitative estimate of drug-likeness (QED) is 0.498. The van der Waals surface area contributed by atoms with Gasteiger partial charge in [-0.2, -0.15) is 0 Å². The summed E-state index contributed by atoms with van der Waals surface area (Å²) >= 11 is 0. The van der Waals surface area contributed by atoms with E-state index < -0.39 is 0 Å². The van der Waals surface area contributed by atoms with E-state index in [4.69, 9.17) is 0 Å². The first kappa shape index (κ1) is 17.6. The molecule has 23 heavy (non-hydrogen) atoms. The van der Waals surface area contributed by atoms with Crippen molar-refractivity contribution >= 4 is 11.8 Å². The Balaban J connectivity index is 1.72. The van der Waals surface area contributed by atoms with Gasteiger partial charge in [0.1, 0.15) is 5.82 Å². The molecular formula is C18H31N5. The van der Waals surface area contributed by atoms with E-state index in [-0.39, 0.29) is 0 Å². The normalized spacial score (nSPS) is 16.1.